The number of thioether (sulfide) groups is 1. The second-order valence-electron chi connectivity index (χ2n) is 7.26. The third kappa shape index (κ3) is 6.09. The van der Waals surface area contributed by atoms with Crippen LogP contribution >= 0.6 is 11.8 Å². The normalized spacial score (nSPS) is 11.7. The van der Waals surface area contributed by atoms with Crippen LogP contribution in [0.2, 0.25) is 18.1 Å². The lowest BCUT2D eigenvalue weighted by molar-refractivity contribution is -0.0761. The number of rotatable bonds is 6. The van der Waals surface area contributed by atoms with Crippen molar-refractivity contribution in [3.8, 4) is 11.8 Å². The molecule has 26 heavy (non-hydrogen) atoms. The zero-order valence-corrected chi connectivity index (χ0v) is 18.8. The quantitative estimate of drug-likeness (QED) is 0.183. The minimum absolute atomic E-state index is 0.173. The molecule has 0 bridgehead atoms. The molecule has 0 N–H and O–H groups in total. The van der Waals surface area contributed by atoms with Gasteiger partial charge in [0.15, 0.2) is 19.2 Å². The number of hydroxylamine groups is 2. The van der Waals surface area contributed by atoms with E-state index in [0.29, 0.717) is 23.7 Å². The van der Waals surface area contributed by atoms with Crippen LogP contribution in [-0.4, -0.2) is 56.3 Å². The summed E-state index contributed by atoms with van der Waals surface area (Å²) in [4.78, 5) is 25.9. The summed E-state index contributed by atoms with van der Waals surface area (Å²) in [6, 6.07) is 0. The number of hydrogen-bond acceptors (Lipinski definition) is 6. The molecule has 0 aromatic carbocycles. The number of aromatic nitrogens is 2. The Kier molecular flexibility index (Phi) is 8.28. The molecule has 0 saturated carbocycles. The Morgan fingerprint density at radius 1 is 1.38 bits per heavy atom. The van der Waals surface area contributed by atoms with Gasteiger partial charge in [-0.15, -0.1) is 0 Å². The third-order valence-electron chi connectivity index (χ3n) is 4.43. The molecule has 0 saturated heterocycles. The van der Waals surface area contributed by atoms with Crippen LogP contribution in [0.4, 0.5) is 0 Å². The summed E-state index contributed by atoms with van der Waals surface area (Å²) in [5.41, 5.74) is 0.732. The fourth-order valence-electron chi connectivity index (χ4n) is 1.68. The van der Waals surface area contributed by atoms with Crippen molar-refractivity contribution in [2.24, 2.45) is 0 Å². The van der Waals surface area contributed by atoms with E-state index in [4.69, 9.17) is 9.26 Å². The van der Waals surface area contributed by atoms with Crippen LogP contribution in [0, 0.1) is 11.8 Å². The van der Waals surface area contributed by atoms with Crippen molar-refractivity contribution in [3.05, 3.63) is 17.5 Å². The molecular weight excluding hydrogens is 366 g/mol. The highest BCUT2D eigenvalue weighted by molar-refractivity contribution is 7.98. The fourth-order valence-corrected chi connectivity index (χ4v) is 3.07. The molecule has 8 heteroatoms. The zero-order chi connectivity index (χ0) is 20.0. The summed E-state index contributed by atoms with van der Waals surface area (Å²) in [5, 5.41) is 1.81. The molecule has 144 valence electrons. The Bertz CT molecular complexity index is 693. The topological polar surface area (TPSA) is 64.5 Å². The summed E-state index contributed by atoms with van der Waals surface area (Å²) in [5.74, 6) is 5.71. The van der Waals surface area contributed by atoms with E-state index in [1.807, 2.05) is 6.26 Å². The van der Waals surface area contributed by atoms with Crippen molar-refractivity contribution in [2.75, 3.05) is 27.0 Å². The average Bonchev–Trinajstić information content (AvgIpc) is 2.59. The lowest BCUT2D eigenvalue weighted by Gasteiger charge is -2.35. The highest BCUT2D eigenvalue weighted by Gasteiger charge is 2.36. The molecule has 0 aliphatic heterocycles. The van der Waals surface area contributed by atoms with Crippen LogP contribution in [-0.2, 0) is 9.26 Å². The lowest BCUT2D eigenvalue weighted by Crippen LogP contribution is -2.40. The lowest BCUT2D eigenvalue weighted by atomic mass is 10.2. The van der Waals surface area contributed by atoms with Crippen LogP contribution in [0.25, 0.3) is 0 Å². The van der Waals surface area contributed by atoms with Gasteiger partial charge in [-0.25, -0.2) is 15.0 Å². The van der Waals surface area contributed by atoms with Gasteiger partial charge in [0, 0.05) is 26.3 Å². The second-order valence-corrected chi connectivity index (χ2v) is 12.8. The third-order valence-corrected chi connectivity index (χ3v) is 9.53. The van der Waals surface area contributed by atoms with E-state index in [2.05, 4.69) is 55.7 Å². The van der Waals surface area contributed by atoms with Crippen molar-refractivity contribution in [1.29, 1.82) is 0 Å². The molecule has 0 aliphatic carbocycles. The summed E-state index contributed by atoms with van der Waals surface area (Å²) >= 11 is 1.37. The van der Waals surface area contributed by atoms with Gasteiger partial charge in [0.2, 0.25) is 0 Å². The molecule has 0 aliphatic rings. The van der Waals surface area contributed by atoms with Gasteiger partial charge in [0.25, 0.3) is 5.91 Å². The first kappa shape index (κ1) is 22.6. The van der Waals surface area contributed by atoms with Crippen molar-refractivity contribution in [3.63, 3.8) is 0 Å². The van der Waals surface area contributed by atoms with E-state index in [0.717, 1.165) is 5.06 Å². The van der Waals surface area contributed by atoms with E-state index in [1.54, 1.807) is 6.20 Å². The highest BCUT2D eigenvalue weighted by atomic mass is 32.2. The van der Waals surface area contributed by atoms with Crippen molar-refractivity contribution < 1.29 is 14.1 Å². The van der Waals surface area contributed by atoms with Crippen molar-refractivity contribution in [1.82, 2.24) is 15.0 Å². The summed E-state index contributed by atoms with van der Waals surface area (Å²) in [7, 11) is 1.20. The first-order valence-electron chi connectivity index (χ1n) is 8.39. The van der Waals surface area contributed by atoms with Gasteiger partial charge in [-0.1, -0.05) is 44.4 Å². The molecule has 0 fully saturated rings. The number of hydrogen-bond donors (Lipinski definition) is 0. The molecule has 1 rings (SSSR count). The average molecular weight is 396 g/mol. The SMILES string of the molecule is CON(C)C(=O)c1nc(SC)ncc1C#CCCO[Si](C)(C)C(C)(C)C. The van der Waals surface area contributed by atoms with Gasteiger partial charge >= 0.3 is 0 Å². The van der Waals surface area contributed by atoms with Crippen molar-refractivity contribution in [2.45, 2.75) is 50.5 Å². The van der Waals surface area contributed by atoms with E-state index in [-0.39, 0.29) is 16.6 Å². The molecule has 0 radical (unpaired) electrons. The molecule has 6 nitrogen and oxygen atoms in total. The van der Waals surface area contributed by atoms with E-state index >= 15 is 0 Å². The summed E-state index contributed by atoms with van der Waals surface area (Å²) in [6.45, 7) is 11.6. The molecule has 1 heterocycles. The molecule has 1 amide bonds. The van der Waals surface area contributed by atoms with Gasteiger partial charge < -0.3 is 4.43 Å². The predicted molar refractivity (Wildman–Crippen MR) is 108 cm³/mol. The molecular formula is C18H29N3O3SSi. The smallest absolute Gasteiger partial charge is 0.297 e. The van der Waals surface area contributed by atoms with Crippen LogP contribution in [0.3, 0.4) is 0 Å². The number of carbonyl (C=O) groups excluding carboxylic acids is 1. The highest BCUT2D eigenvalue weighted by Crippen LogP contribution is 2.36. The van der Waals surface area contributed by atoms with Gasteiger partial charge in [-0.2, -0.15) is 0 Å². The van der Waals surface area contributed by atoms with Crippen LogP contribution in [0.1, 0.15) is 43.2 Å². The van der Waals surface area contributed by atoms with Gasteiger partial charge in [-0.3, -0.25) is 9.63 Å². The van der Waals surface area contributed by atoms with E-state index < -0.39 is 8.32 Å². The Hall–Kier alpha value is -1.40. The zero-order valence-electron chi connectivity index (χ0n) is 17.0. The maximum atomic E-state index is 12.4. The first-order valence-corrected chi connectivity index (χ1v) is 12.5. The molecule has 0 unspecified atom stereocenters. The summed E-state index contributed by atoms with van der Waals surface area (Å²) < 4.78 is 6.11. The predicted octanol–water partition coefficient (Wildman–Crippen LogP) is 3.60. The Balaban J connectivity index is 2.88. The fraction of sp³-hybridized carbons (Fsp3) is 0.611. The van der Waals surface area contributed by atoms with Crippen molar-refractivity contribution >= 4 is 26.0 Å². The minimum Gasteiger partial charge on any atom is -0.416 e. The number of carbonyl (C=O) groups is 1. The Morgan fingerprint density at radius 2 is 2.04 bits per heavy atom. The number of nitrogens with zero attached hydrogens (tertiary/aromatic N) is 3. The van der Waals surface area contributed by atoms with E-state index in [1.165, 1.54) is 25.9 Å². The minimum atomic E-state index is -1.77. The summed E-state index contributed by atoms with van der Waals surface area (Å²) in [6.07, 6.45) is 4.02. The van der Waals surface area contributed by atoms with Crippen LogP contribution < -0.4 is 0 Å². The standard InChI is InChI=1S/C18H29N3O3SSi/c1-18(2,3)26(7,8)24-12-10-9-11-14-13-19-17(25-6)20-15(14)16(22)21(4)23-5/h13H,10,12H2,1-8H3. The molecule has 1 aromatic rings. The maximum absolute atomic E-state index is 12.4. The number of amides is 1. The van der Waals surface area contributed by atoms with Gasteiger partial charge in [0.1, 0.15) is 0 Å². The van der Waals surface area contributed by atoms with Crippen LogP contribution in [0.5, 0.6) is 0 Å². The monoisotopic (exact) mass is 395 g/mol. The Labute approximate surface area is 162 Å². The Morgan fingerprint density at radius 3 is 2.58 bits per heavy atom. The van der Waals surface area contributed by atoms with E-state index in [9.17, 15) is 4.79 Å². The largest absolute Gasteiger partial charge is 0.416 e. The molecule has 0 spiro atoms. The van der Waals surface area contributed by atoms with Crippen LogP contribution in [0.15, 0.2) is 11.4 Å². The first-order chi connectivity index (χ1) is 12.0. The maximum Gasteiger partial charge on any atom is 0.297 e. The van der Waals surface area contributed by atoms with Gasteiger partial charge in [0.05, 0.1) is 12.7 Å². The van der Waals surface area contributed by atoms with Gasteiger partial charge in [-0.05, 0) is 24.4 Å². The molecule has 1 aromatic heterocycles. The molecule has 0 atom stereocenters. The second kappa shape index (κ2) is 9.51.